The fourth-order valence-corrected chi connectivity index (χ4v) is 3.24. The second-order valence-electron chi connectivity index (χ2n) is 6.10. The van der Waals surface area contributed by atoms with E-state index in [0.717, 1.165) is 22.8 Å². The van der Waals surface area contributed by atoms with Crippen molar-refractivity contribution in [3.63, 3.8) is 0 Å². The minimum atomic E-state index is -0.401. The predicted octanol–water partition coefficient (Wildman–Crippen LogP) is 2.81. The van der Waals surface area contributed by atoms with Gasteiger partial charge in [-0.05, 0) is 29.7 Å². The lowest BCUT2D eigenvalue weighted by Crippen LogP contribution is -2.58. The molecule has 2 aromatic rings. The normalized spacial score (nSPS) is 18.8. The minimum absolute atomic E-state index is 0.0264. The van der Waals surface area contributed by atoms with Crippen LogP contribution in [0.25, 0.3) is 10.8 Å². The molecule has 1 atom stereocenters. The van der Waals surface area contributed by atoms with Crippen molar-refractivity contribution in [3.05, 3.63) is 48.0 Å². The molecular weight excluding hydrogens is 288 g/mol. The summed E-state index contributed by atoms with van der Waals surface area (Å²) in [5.41, 5.74) is 1.08. The SMILES string of the molecule is CCCN1CC(=O)N(Cc2cccc3ccccc23)[C@H](C)C1=O. The highest BCUT2D eigenvalue weighted by Crippen LogP contribution is 2.23. The summed E-state index contributed by atoms with van der Waals surface area (Å²) in [6.07, 6.45) is 0.870. The standard InChI is InChI=1S/C19H22N2O2/c1-3-11-20-13-18(22)21(14(2)19(20)23)12-16-9-6-8-15-7-4-5-10-17(15)16/h4-10,14H,3,11-13H2,1-2H3/t14-/m1/s1. The summed E-state index contributed by atoms with van der Waals surface area (Å²) in [6, 6.07) is 13.8. The first-order chi connectivity index (χ1) is 11.1. The van der Waals surface area contributed by atoms with Crippen LogP contribution in [0, 0.1) is 0 Å². The van der Waals surface area contributed by atoms with Gasteiger partial charge in [-0.25, -0.2) is 0 Å². The fraction of sp³-hybridized carbons (Fsp3) is 0.368. The number of benzene rings is 2. The third-order valence-corrected chi connectivity index (χ3v) is 4.50. The molecule has 1 fully saturated rings. The van der Waals surface area contributed by atoms with E-state index < -0.39 is 6.04 Å². The molecule has 0 spiro atoms. The zero-order chi connectivity index (χ0) is 16.4. The summed E-state index contributed by atoms with van der Waals surface area (Å²) in [4.78, 5) is 28.3. The van der Waals surface area contributed by atoms with Crippen LogP contribution in [0.4, 0.5) is 0 Å². The van der Waals surface area contributed by atoms with Crippen LogP contribution in [0.3, 0.4) is 0 Å². The lowest BCUT2D eigenvalue weighted by Gasteiger charge is -2.38. The van der Waals surface area contributed by atoms with E-state index in [-0.39, 0.29) is 18.4 Å². The van der Waals surface area contributed by atoms with Crippen molar-refractivity contribution in [3.8, 4) is 0 Å². The summed E-state index contributed by atoms with van der Waals surface area (Å²) in [5, 5.41) is 2.29. The summed E-state index contributed by atoms with van der Waals surface area (Å²) in [5.74, 6) is 0.0742. The van der Waals surface area contributed by atoms with Gasteiger partial charge in [0.15, 0.2) is 0 Å². The molecule has 0 aliphatic carbocycles. The molecule has 0 saturated carbocycles. The molecule has 0 unspecified atom stereocenters. The van der Waals surface area contributed by atoms with Gasteiger partial charge in [0.05, 0.1) is 6.54 Å². The van der Waals surface area contributed by atoms with E-state index in [1.54, 1.807) is 9.80 Å². The van der Waals surface area contributed by atoms with E-state index in [0.29, 0.717) is 13.1 Å². The monoisotopic (exact) mass is 310 g/mol. The van der Waals surface area contributed by atoms with Gasteiger partial charge in [0, 0.05) is 13.1 Å². The van der Waals surface area contributed by atoms with Gasteiger partial charge in [-0.2, -0.15) is 0 Å². The Labute approximate surface area is 136 Å². The second-order valence-corrected chi connectivity index (χ2v) is 6.10. The van der Waals surface area contributed by atoms with Gasteiger partial charge in [0.1, 0.15) is 6.04 Å². The van der Waals surface area contributed by atoms with Gasteiger partial charge < -0.3 is 9.80 Å². The van der Waals surface area contributed by atoms with Crippen LogP contribution in [0.15, 0.2) is 42.5 Å². The van der Waals surface area contributed by atoms with E-state index in [1.165, 1.54) is 0 Å². The Kier molecular flexibility index (Phi) is 4.33. The van der Waals surface area contributed by atoms with Crippen LogP contribution in [0.1, 0.15) is 25.8 Å². The molecule has 1 saturated heterocycles. The van der Waals surface area contributed by atoms with E-state index >= 15 is 0 Å². The molecule has 23 heavy (non-hydrogen) atoms. The maximum absolute atomic E-state index is 12.5. The van der Waals surface area contributed by atoms with Crippen LogP contribution < -0.4 is 0 Å². The third kappa shape index (κ3) is 2.93. The maximum Gasteiger partial charge on any atom is 0.245 e. The van der Waals surface area contributed by atoms with E-state index in [9.17, 15) is 9.59 Å². The van der Waals surface area contributed by atoms with Crippen LogP contribution in [0.5, 0.6) is 0 Å². The number of amides is 2. The fourth-order valence-electron chi connectivity index (χ4n) is 3.24. The molecule has 2 amide bonds. The number of piperazine rings is 1. The van der Waals surface area contributed by atoms with E-state index in [4.69, 9.17) is 0 Å². The predicted molar refractivity (Wildman–Crippen MR) is 90.8 cm³/mol. The first kappa shape index (κ1) is 15.5. The largest absolute Gasteiger partial charge is 0.332 e. The number of nitrogens with zero attached hydrogens (tertiary/aromatic N) is 2. The summed E-state index contributed by atoms with van der Waals surface area (Å²) in [7, 11) is 0. The second kappa shape index (κ2) is 6.41. The zero-order valence-electron chi connectivity index (χ0n) is 13.7. The number of carbonyl (C=O) groups is 2. The molecule has 0 radical (unpaired) electrons. The molecule has 3 rings (SSSR count). The Morgan fingerprint density at radius 1 is 1.09 bits per heavy atom. The number of hydrogen-bond acceptors (Lipinski definition) is 2. The Balaban J connectivity index is 1.87. The Morgan fingerprint density at radius 2 is 1.83 bits per heavy atom. The molecule has 1 aliphatic heterocycles. The van der Waals surface area contributed by atoms with Crippen molar-refractivity contribution in [1.82, 2.24) is 9.80 Å². The molecule has 0 N–H and O–H groups in total. The molecule has 4 heteroatoms. The van der Waals surface area contributed by atoms with Crippen LogP contribution in [-0.2, 0) is 16.1 Å². The summed E-state index contributed by atoms with van der Waals surface area (Å²) < 4.78 is 0. The lowest BCUT2D eigenvalue weighted by molar-refractivity contribution is -0.155. The Hall–Kier alpha value is -2.36. The highest BCUT2D eigenvalue weighted by atomic mass is 16.2. The first-order valence-corrected chi connectivity index (χ1v) is 8.16. The molecule has 1 heterocycles. The van der Waals surface area contributed by atoms with Crippen molar-refractivity contribution in [1.29, 1.82) is 0 Å². The molecule has 0 aromatic heterocycles. The smallest absolute Gasteiger partial charge is 0.245 e. The van der Waals surface area contributed by atoms with Crippen molar-refractivity contribution >= 4 is 22.6 Å². The van der Waals surface area contributed by atoms with Gasteiger partial charge in [0.25, 0.3) is 0 Å². The average Bonchev–Trinajstić information content (AvgIpc) is 2.56. The number of carbonyl (C=O) groups excluding carboxylic acids is 2. The quantitative estimate of drug-likeness (QED) is 0.871. The number of rotatable bonds is 4. The third-order valence-electron chi connectivity index (χ3n) is 4.50. The van der Waals surface area contributed by atoms with Gasteiger partial charge in [-0.1, -0.05) is 49.4 Å². The van der Waals surface area contributed by atoms with Crippen LogP contribution in [-0.4, -0.2) is 40.7 Å². The Bertz CT molecular complexity index is 736. The zero-order valence-corrected chi connectivity index (χ0v) is 13.7. The van der Waals surface area contributed by atoms with Gasteiger partial charge >= 0.3 is 0 Å². The first-order valence-electron chi connectivity index (χ1n) is 8.16. The number of fused-ring (bicyclic) bond motifs is 1. The summed E-state index contributed by atoms with van der Waals surface area (Å²) >= 11 is 0. The topological polar surface area (TPSA) is 40.6 Å². The molecule has 0 bridgehead atoms. The minimum Gasteiger partial charge on any atom is -0.332 e. The molecule has 2 aromatic carbocycles. The van der Waals surface area contributed by atoms with Crippen molar-refractivity contribution in [2.75, 3.05) is 13.1 Å². The number of hydrogen-bond donors (Lipinski definition) is 0. The summed E-state index contributed by atoms with van der Waals surface area (Å²) in [6.45, 7) is 5.17. The van der Waals surface area contributed by atoms with Crippen molar-refractivity contribution in [2.24, 2.45) is 0 Å². The van der Waals surface area contributed by atoms with Gasteiger partial charge in [-0.15, -0.1) is 0 Å². The molecular formula is C19H22N2O2. The van der Waals surface area contributed by atoms with Crippen LogP contribution in [0.2, 0.25) is 0 Å². The Morgan fingerprint density at radius 3 is 2.61 bits per heavy atom. The lowest BCUT2D eigenvalue weighted by atomic mass is 10.0. The van der Waals surface area contributed by atoms with Crippen molar-refractivity contribution < 1.29 is 9.59 Å². The molecule has 4 nitrogen and oxygen atoms in total. The van der Waals surface area contributed by atoms with E-state index in [1.807, 2.05) is 38.1 Å². The van der Waals surface area contributed by atoms with Gasteiger partial charge in [0.2, 0.25) is 11.8 Å². The van der Waals surface area contributed by atoms with Gasteiger partial charge in [-0.3, -0.25) is 9.59 Å². The van der Waals surface area contributed by atoms with Crippen molar-refractivity contribution in [2.45, 2.75) is 32.9 Å². The highest BCUT2D eigenvalue weighted by molar-refractivity contribution is 5.95. The maximum atomic E-state index is 12.5. The average molecular weight is 310 g/mol. The van der Waals surface area contributed by atoms with E-state index in [2.05, 4.69) is 18.2 Å². The molecule has 1 aliphatic rings. The van der Waals surface area contributed by atoms with Crippen LogP contribution >= 0.6 is 0 Å². The molecule has 120 valence electrons. The highest BCUT2D eigenvalue weighted by Gasteiger charge is 2.35.